The standard InChI is InChI=1S/C13H16N4O2S2/c1-3-8-17-12(11-4-6-14-7-5-11)15-16-13(17)20-9-10-21(2,18)19/h3-7H,1,8-10H2,2H3. The lowest BCUT2D eigenvalue weighted by molar-refractivity contribution is 0.603. The smallest absolute Gasteiger partial charge is 0.191 e. The van der Waals surface area contributed by atoms with E-state index in [4.69, 9.17) is 0 Å². The molecular weight excluding hydrogens is 308 g/mol. The normalized spacial score (nSPS) is 11.5. The average Bonchev–Trinajstić information content (AvgIpc) is 2.82. The van der Waals surface area contributed by atoms with Gasteiger partial charge in [-0.2, -0.15) is 0 Å². The van der Waals surface area contributed by atoms with Crippen molar-refractivity contribution in [2.24, 2.45) is 0 Å². The van der Waals surface area contributed by atoms with Crippen LogP contribution in [0.15, 0.2) is 42.3 Å². The van der Waals surface area contributed by atoms with E-state index in [2.05, 4.69) is 21.8 Å². The first-order valence-electron chi connectivity index (χ1n) is 6.26. The van der Waals surface area contributed by atoms with Gasteiger partial charge in [0, 0.05) is 36.5 Å². The molecule has 0 bridgehead atoms. The number of hydrogen-bond acceptors (Lipinski definition) is 6. The number of thioether (sulfide) groups is 1. The van der Waals surface area contributed by atoms with E-state index in [1.807, 2.05) is 16.7 Å². The minimum absolute atomic E-state index is 0.114. The summed E-state index contributed by atoms with van der Waals surface area (Å²) in [5.41, 5.74) is 0.911. The Labute approximate surface area is 128 Å². The van der Waals surface area contributed by atoms with E-state index in [1.165, 1.54) is 18.0 Å². The van der Waals surface area contributed by atoms with Crippen molar-refractivity contribution in [1.29, 1.82) is 0 Å². The Hall–Kier alpha value is -1.67. The fourth-order valence-electron chi connectivity index (χ4n) is 1.69. The van der Waals surface area contributed by atoms with Gasteiger partial charge in [0.2, 0.25) is 0 Å². The molecule has 0 N–H and O–H groups in total. The second-order valence-corrected chi connectivity index (χ2v) is 7.74. The molecule has 2 heterocycles. The molecule has 21 heavy (non-hydrogen) atoms. The zero-order valence-electron chi connectivity index (χ0n) is 11.6. The van der Waals surface area contributed by atoms with E-state index in [9.17, 15) is 8.42 Å². The second kappa shape index (κ2) is 6.86. The van der Waals surface area contributed by atoms with Crippen LogP contribution in [0.3, 0.4) is 0 Å². The van der Waals surface area contributed by atoms with E-state index in [-0.39, 0.29) is 5.75 Å². The minimum atomic E-state index is -2.97. The summed E-state index contributed by atoms with van der Waals surface area (Å²) in [5.74, 6) is 1.28. The van der Waals surface area contributed by atoms with Gasteiger partial charge >= 0.3 is 0 Å². The third-order valence-corrected chi connectivity index (χ3v) is 4.82. The molecule has 0 aliphatic rings. The van der Waals surface area contributed by atoms with Gasteiger partial charge in [-0.1, -0.05) is 17.8 Å². The highest BCUT2D eigenvalue weighted by molar-refractivity contribution is 8.00. The topological polar surface area (TPSA) is 77.7 Å². The van der Waals surface area contributed by atoms with Crippen LogP contribution in [-0.4, -0.2) is 45.9 Å². The van der Waals surface area contributed by atoms with E-state index in [0.717, 1.165) is 11.4 Å². The van der Waals surface area contributed by atoms with Crippen LogP contribution in [0.25, 0.3) is 11.4 Å². The third-order valence-electron chi connectivity index (χ3n) is 2.65. The summed E-state index contributed by atoms with van der Waals surface area (Å²) in [6.07, 6.45) is 6.37. The van der Waals surface area contributed by atoms with Crippen molar-refractivity contribution < 1.29 is 8.42 Å². The highest BCUT2D eigenvalue weighted by Crippen LogP contribution is 2.23. The number of allylic oxidation sites excluding steroid dienone is 1. The van der Waals surface area contributed by atoms with Gasteiger partial charge in [0.15, 0.2) is 11.0 Å². The lowest BCUT2D eigenvalue weighted by Gasteiger charge is -2.07. The molecular formula is C13H16N4O2S2. The maximum absolute atomic E-state index is 11.2. The van der Waals surface area contributed by atoms with Crippen LogP contribution >= 0.6 is 11.8 Å². The molecule has 0 saturated carbocycles. The van der Waals surface area contributed by atoms with E-state index in [1.54, 1.807) is 18.5 Å². The van der Waals surface area contributed by atoms with Crippen molar-refractivity contribution in [3.8, 4) is 11.4 Å². The third kappa shape index (κ3) is 4.40. The molecule has 2 rings (SSSR count). The van der Waals surface area contributed by atoms with Gasteiger partial charge in [0.05, 0.1) is 5.75 Å². The van der Waals surface area contributed by atoms with Gasteiger partial charge in [-0.3, -0.25) is 9.55 Å². The Balaban J connectivity index is 2.23. The van der Waals surface area contributed by atoms with Gasteiger partial charge in [-0.15, -0.1) is 16.8 Å². The predicted octanol–water partition coefficient (Wildman–Crippen LogP) is 1.66. The Morgan fingerprint density at radius 2 is 2.05 bits per heavy atom. The number of aromatic nitrogens is 4. The second-order valence-electron chi connectivity index (χ2n) is 4.42. The molecule has 0 saturated heterocycles. The predicted molar refractivity (Wildman–Crippen MR) is 83.9 cm³/mol. The summed E-state index contributed by atoms with van der Waals surface area (Å²) >= 11 is 1.38. The fraction of sp³-hybridized carbons (Fsp3) is 0.308. The molecule has 0 unspecified atom stereocenters. The van der Waals surface area contributed by atoms with Crippen molar-refractivity contribution in [3.63, 3.8) is 0 Å². The molecule has 0 aliphatic heterocycles. The van der Waals surface area contributed by atoms with Crippen LogP contribution in [0.5, 0.6) is 0 Å². The fourth-order valence-corrected chi connectivity index (χ4v) is 3.83. The lowest BCUT2D eigenvalue weighted by Crippen LogP contribution is -2.06. The number of pyridine rings is 1. The molecule has 0 fully saturated rings. The van der Waals surface area contributed by atoms with Crippen molar-refractivity contribution >= 4 is 21.6 Å². The summed E-state index contributed by atoms with van der Waals surface area (Å²) in [7, 11) is -2.97. The minimum Gasteiger partial charge on any atom is -0.298 e. The molecule has 2 aromatic rings. The van der Waals surface area contributed by atoms with Crippen molar-refractivity contribution in [3.05, 3.63) is 37.2 Å². The average molecular weight is 324 g/mol. The van der Waals surface area contributed by atoms with Crippen LogP contribution in [0.1, 0.15) is 0 Å². The Kier molecular flexibility index (Phi) is 5.13. The highest BCUT2D eigenvalue weighted by atomic mass is 32.2. The van der Waals surface area contributed by atoms with Crippen LogP contribution in [0, 0.1) is 0 Å². The lowest BCUT2D eigenvalue weighted by atomic mass is 10.2. The van der Waals surface area contributed by atoms with E-state index >= 15 is 0 Å². The Morgan fingerprint density at radius 3 is 2.67 bits per heavy atom. The maximum Gasteiger partial charge on any atom is 0.191 e. The van der Waals surface area contributed by atoms with Gasteiger partial charge in [-0.25, -0.2) is 8.42 Å². The largest absolute Gasteiger partial charge is 0.298 e. The molecule has 112 valence electrons. The van der Waals surface area contributed by atoms with E-state index < -0.39 is 9.84 Å². The summed E-state index contributed by atoms with van der Waals surface area (Å²) in [5, 5.41) is 9.02. The van der Waals surface area contributed by atoms with Gasteiger partial charge in [0.25, 0.3) is 0 Å². The Bertz CT molecular complexity index is 711. The quantitative estimate of drug-likeness (QED) is 0.569. The zero-order valence-corrected chi connectivity index (χ0v) is 13.3. The Morgan fingerprint density at radius 1 is 1.33 bits per heavy atom. The summed E-state index contributed by atoms with van der Waals surface area (Å²) in [6, 6.07) is 3.71. The summed E-state index contributed by atoms with van der Waals surface area (Å²) in [6.45, 7) is 4.30. The van der Waals surface area contributed by atoms with Gasteiger partial charge < -0.3 is 0 Å². The number of sulfone groups is 1. The summed E-state index contributed by atoms with van der Waals surface area (Å²) in [4.78, 5) is 3.98. The molecule has 0 radical (unpaired) electrons. The first kappa shape index (κ1) is 15.7. The number of rotatable bonds is 7. The molecule has 0 atom stereocenters. The van der Waals surface area contributed by atoms with Crippen LogP contribution < -0.4 is 0 Å². The SMILES string of the molecule is C=CCn1c(SCCS(C)(=O)=O)nnc1-c1ccncc1. The highest BCUT2D eigenvalue weighted by Gasteiger charge is 2.14. The van der Waals surface area contributed by atoms with Gasteiger partial charge in [0.1, 0.15) is 9.84 Å². The monoisotopic (exact) mass is 324 g/mol. The van der Waals surface area contributed by atoms with Crippen LogP contribution in [0.2, 0.25) is 0 Å². The molecule has 0 aliphatic carbocycles. The van der Waals surface area contributed by atoms with Crippen LogP contribution in [0.4, 0.5) is 0 Å². The number of hydrogen-bond donors (Lipinski definition) is 0. The van der Waals surface area contributed by atoms with E-state index in [0.29, 0.717) is 17.5 Å². The molecule has 8 heteroatoms. The molecule has 0 spiro atoms. The molecule has 2 aromatic heterocycles. The zero-order chi connectivity index (χ0) is 15.3. The molecule has 6 nitrogen and oxygen atoms in total. The van der Waals surface area contributed by atoms with Crippen molar-refractivity contribution in [2.75, 3.05) is 17.8 Å². The first-order chi connectivity index (χ1) is 10.0. The molecule has 0 amide bonds. The van der Waals surface area contributed by atoms with Crippen molar-refractivity contribution in [1.82, 2.24) is 19.7 Å². The molecule has 0 aromatic carbocycles. The summed E-state index contributed by atoms with van der Waals surface area (Å²) < 4.78 is 24.3. The number of nitrogens with zero attached hydrogens (tertiary/aromatic N) is 4. The van der Waals surface area contributed by atoms with Gasteiger partial charge in [-0.05, 0) is 12.1 Å². The van der Waals surface area contributed by atoms with Crippen LogP contribution in [-0.2, 0) is 16.4 Å². The first-order valence-corrected chi connectivity index (χ1v) is 9.31. The maximum atomic E-state index is 11.2. The van der Waals surface area contributed by atoms with Crippen molar-refractivity contribution in [2.45, 2.75) is 11.7 Å².